The largest absolute Gasteiger partial charge is 0.495 e. The van der Waals surface area contributed by atoms with Crippen LogP contribution >= 0.6 is 0 Å². The molecule has 0 radical (unpaired) electrons. The number of ether oxygens (including phenoxy) is 1. The maximum absolute atomic E-state index is 13.8. The predicted molar refractivity (Wildman–Crippen MR) is 120 cm³/mol. The van der Waals surface area contributed by atoms with E-state index in [4.69, 9.17) is 15.0 Å². The van der Waals surface area contributed by atoms with E-state index in [-0.39, 0.29) is 5.92 Å². The monoisotopic (exact) mass is 437 g/mol. The molecular weight excluding hydrogens is 412 g/mol. The van der Waals surface area contributed by atoms with Crippen LogP contribution in [0.3, 0.4) is 0 Å². The number of aromatic nitrogens is 1. The molecule has 4 rings (SSSR count). The number of rotatable bonds is 6. The van der Waals surface area contributed by atoms with Gasteiger partial charge in [-0.15, -0.1) is 0 Å². The van der Waals surface area contributed by atoms with Gasteiger partial charge in [-0.25, -0.2) is 8.78 Å². The lowest BCUT2D eigenvalue weighted by atomic mass is 9.82. The van der Waals surface area contributed by atoms with Crippen molar-refractivity contribution in [2.75, 3.05) is 12.0 Å². The lowest BCUT2D eigenvalue weighted by Gasteiger charge is -2.21. The molecular formula is C25H25F2N3O2. The first-order valence-corrected chi connectivity index (χ1v) is 10.4. The van der Waals surface area contributed by atoms with E-state index in [9.17, 15) is 8.78 Å². The number of hydrogen-bond acceptors (Lipinski definition) is 5. The highest BCUT2D eigenvalue weighted by Gasteiger charge is 2.30. The minimum absolute atomic E-state index is 0.236. The zero-order chi connectivity index (χ0) is 22.8. The summed E-state index contributed by atoms with van der Waals surface area (Å²) in [6.07, 6.45) is 5.79. The van der Waals surface area contributed by atoms with Gasteiger partial charge in [-0.3, -0.25) is 0 Å². The Kier molecular flexibility index (Phi) is 5.99. The molecule has 1 aromatic heterocycles. The van der Waals surface area contributed by atoms with Gasteiger partial charge in [0.25, 0.3) is 0 Å². The zero-order valence-corrected chi connectivity index (χ0v) is 18.1. The van der Waals surface area contributed by atoms with Crippen LogP contribution in [0.2, 0.25) is 0 Å². The number of benzene rings is 2. The quantitative estimate of drug-likeness (QED) is 0.523. The van der Waals surface area contributed by atoms with Crippen LogP contribution < -0.4 is 15.4 Å². The number of hydrogen-bond donors (Lipinski definition) is 1. The minimum atomic E-state index is -0.597. The third-order valence-electron chi connectivity index (χ3n) is 5.61. The highest BCUT2D eigenvalue weighted by atomic mass is 19.1. The van der Waals surface area contributed by atoms with E-state index in [1.54, 1.807) is 31.3 Å². The van der Waals surface area contributed by atoms with Crippen molar-refractivity contribution in [2.24, 2.45) is 5.73 Å². The van der Waals surface area contributed by atoms with Gasteiger partial charge in [0.05, 0.1) is 12.8 Å². The van der Waals surface area contributed by atoms with Crippen molar-refractivity contribution < 1.29 is 18.0 Å². The van der Waals surface area contributed by atoms with Crippen molar-refractivity contribution >= 4 is 5.69 Å². The molecule has 1 unspecified atom stereocenters. The summed E-state index contributed by atoms with van der Waals surface area (Å²) in [5.74, 6) is -0.147. The standard InChI is InChI=1S/C25H25F2N3O2/c1-4-30(14-15(2)28)22-9-8-16(12-23(22)31-3)24-21-7-5-6-20(25(21)32-29-24)17-10-18(26)13-19(27)11-17/h4,8-14,20H,1,5-7,28H2,2-3H3/b15-14-. The number of anilines is 1. The van der Waals surface area contributed by atoms with Gasteiger partial charge in [0.15, 0.2) is 0 Å². The molecule has 0 aliphatic heterocycles. The lowest BCUT2D eigenvalue weighted by Crippen LogP contribution is -2.11. The van der Waals surface area contributed by atoms with Crippen LogP contribution in [0.25, 0.3) is 11.3 Å². The molecule has 7 heteroatoms. The van der Waals surface area contributed by atoms with E-state index < -0.39 is 11.6 Å². The first-order chi connectivity index (χ1) is 15.4. The fraction of sp³-hybridized carbons (Fsp3) is 0.240. The van der Waals surface area contributed by atoms with Crippen LogP contribution in [0, 0.1) is 11.6 Å². The first-order valence-electron chi connectivity index (χ1n) is 10.4. The fourth-order valence-corrected chi connectivity index (χ4v) is 4.25. The van der Waals surface area contributed by atoms with E-state index in [0.29, 0.717) is 28.5 Å². The summed E-state index contributed by atoms with van der Waals surface area (Å²) in [5, 5.41) is 4.32. The number of fused-ring (bicyclic) bond motifs is 1. The van der Waals surface area contributed by atoms with Gasteiger partial charge in [0.1, 0.15) is 28.8 Å². The number of nitrogens with two attached hydrogens (primary N) is 1. The van der Waals surface area contributed by atoms with Crippen molar-refractivity contribution in [1.82, 2.24) is 5.16 Å². The van der Waals surface area contributed by atoms with Gasteiger partial charge in [-0.1, -0.05) is 17.8 Å². The van der Waals surface area contributed by atoms with Crippen molar-refractivity contribution in [1.29, 1.82) is 0 Å². The third-order valence-corrected chi connectivity index (χ3v) is 5.61. The third kappa shape index (κ3) is 4.10. The summed E-state index contributed by atoms with van der Waals surface area (Å²) in [6.45, 7) is 5.63. The van der Waals surface area contributed by atoms with Crippen LogP contribution in [-0.2, 0) is 6.42 Å². The average molecular weight is 437 g/mol. The van der Waals surface area contributed by atoms with Crippen LogP contribution in [0.15, 0.2) is 65.6 Å². The van der Waals surface area contributed by atoms with Crippen LogP contribution in [0.1, 0.15) is 42.6 Å². The molecule has 3 aromatic rings. The Morgan fingerprint density at radius 3 is 2.66 bits per heavy atom. The summed E-state index contributed by atoms with van der Waals surface area (Å²) in [7, 11) is 1.59. The van der Waals surface area contributed by atoms with Crippen LogP contribution in [-0.4, -0.2) is 12.3 Å². The highest BCUT2D eigenvalue weighted by Crippen LogP contribution is 2.42. The summed E-state index contributed by atoms with van der Waals surface area (Å²) in [5.41, 5.74) is 10.3. The van der Waals surface area contributed by atoms with Crippen molar-refractivity contribution in [2.45, 2.75) is 32.1 Å². The molecule has 0 amide bonds. The molecule has 5 nitrogen and oxygen atoms in total. The second-order valence-corrected chi connectivity index (χ2v) is 7.87. The topological polar surface area (TPSA) is 64.5 Å². The van der Waals surface area contributed by atoms with E-state index in [2.05, 4.69) is 11.7 Å². The van der Waals surface area contributed by atoms with Gasteiger partial charge in [0.2, 0.25) is 0 Å². The Hall–Kier alpha value is -3.61. The number of nitrogens with zero attached hydrogens (tertiary/aromatic N) is 2. The number of halogens is 2. The van der Waals surface area contributed by atoms with Crippen LogP contribution in [0.5, 0.6) is 5.75 Å². The van der Waals surface area contributed by atoms with E-state index in [1.165, 1.54) is 12.1 Å². The summed E-state index contributed by atoms with van der Waals surface area (Å²) < 4.78 is 38.9. The van der Waals surface area contributed by atoms with Gasteiger partial charge in [-0.2, -0.15) is 0 Å². The van der Waals surface area contributed by atoms with Crippen molar-refractivity contribution in [3.8, 4) is 17.0 Å². The molecule has 2 aromatic carbocycles. The average Bonchev–Trinajstić information content (AvgIpc) is 3.20. The second kappa shape index (κ2) is 8.86. The molecule has 1 heterocycles. The fourth-order valence-electron chi connectivity index (χ4n) is 4.25. The molecule has 1 aliphatic carbocycles. The maximum Gasteiger partial charge on any atom is 0.148 e. The second-order valence-electron chi connectivity index (χ2n) is 7.87. The summed E-state index contributed by atoms with van der Waals surface area (Å²) in [6, 6.07) is 9.31. The van der Waals surface area contributed by atoms with Gasteiger partial charge in [-0.05, 0) is 56.0 Å². The Morgan fingerprint density at radius 1 is 1.25 bits per heavy atom. The predicted octanol–water partition coefficient (Wildman–Crippen LogP) is 5.87. The Labute approximate surface area is 185 Å². The number of allylic oxidation sites excluding steroid dienone is 1. The van der Waals surface area contributed by atoms with Gasteiger partial charge in [0, 0.05) is 41.2 Å². The van der Waals surface area contributed by atoms with E-state index in [1.807, 2.05) is 18.2 Å². The summed E-state index contributed by atoms with van der Waals surface area (Å²) >= 11 is 0. The van der Waals surface area contributed by atoms with Crippen molar-refractivity contribution in [3.63, 3.8) is 0 Å². The normalized spacial score (nSPS) is 15.9. The molecule has 0 fully saturated rings. The molecule has 32 heavy (non-hydrogen) atoms. The lowest BCUT2D eigenvalue weighted by molar-refractivity contribution is 0.356. The van der Waals surface area contributed by atoms with Crippen LogP contribution in [0.4, 0.5) is 14.5 Å². The molecule has 2 N–H and O–H groups in total. The Morgan fingerprint density at radius 2 is 2.00 bits per heavy atom. The van der Waals surface area contributed by atoms with E-state index in [0.717, 1.165) is 42.1 Å². The molecule has 0 bridgehead atoms. The van der Waals surface area contributed by atoms with E-state index >= 15 is 0 Å². The summed E-state index contributed by atoms with van der Waals surface area (Å²) in [4.78, 5) is 1.78. The molecule has 0 spiro atoms. The first kappa shape index (κ1) is 21.6. The van der Waals surface area contributed by atoms with Crippen molar-refractivity contribution in [3.05, 3.63) is 89.6 Å². The minimum Gasteiger partial charge on any atom is -0.495 e. The number of methoxy groups -OCH3 is 1. The smallest absolute Gasteiger partial charge is 0.148 e. The highest BCUT2D eigenvalue weighted by molar-refractivity contribution is 5.73. The van der Waals surface area contributed by atoms with Gasteiger partial charge < -0.3 is 19.9 Å². The maximum atomic E-state index is 13.8. The zero-order valence-electron chi connectivity index (χ0n) is 18.1. The molecule has 1 aliphatic rings. The Bertz CT molecular complexity index is 1160. The molecule has 166 valence electrons. The molecule has 0 saturated carbocycles. The SMILES string of the molecule is C=CN(/C=C(/C)N)c1ccc(-c2noc3c2CCCC3c2cc(F)cc(F)c2)cc1OC. The molecule has 0 saturated heterocycles. The van der Waals surface area contributed by atoms with Gasteiger partial charge >= 0.3 is 0 Å². The Balaban J connectivity index is 1.74. The molecule has 1 atom stereocenters.